The minimum absolute atomic E-state index is 0.313. The fraction of sp³-hybridized carbons (Fsp3) is 0.364. The molecule has 1 aromatic carbocycles. The van der Waals surface area contributed by atoms with Gasteiger partial charge in [0.25, 0.3) is 11.1 Å². The maximum absolute atomic E-state index is 12.0. The maximum atomic E-state index is 12.0. The van der Waals surface area contributed by atoms with Crippen molar-refractivity contribution in [1.82, 2.24) is 20.2 Å². The smallest absolute Gasteiger partial charge is 0.290 e. The van der Waals surface area contributed by atoms with Crippen LogP contribution in [0.3, 0.4) is 0 Å². The molecular formula is C22H26N6O3S. The van der Waals surface area contributed by atoms with Gasteiger partial charge in [0, 0.05) is 44.5 Å². The molecule has 0 saturated carbocycles. The molecule has 0 bridgehead atoms. The van der Waals surface area contributed by atoms with Crippen molar-refractivity contribution in [2.24, 2.45) is 0 Å². The number of para-hydroxylation sites is 1. The second-order valence-electron chi connectivity index (χ2n) is 7.74. The lowest BCUT2D eigenvalue weighted by molar-refractivity contribution is -0.115. The first-order valence-electron chi connectivity index (χ1n) is 10.4. The summed E-state index contributed by atoms with van der Waals surface area (Å²) in [5.74, 6) is 0.595. The van der Waals surface area contributed by atoms with Crippen LogP contribution in [-0.2, 0) is 4.79 Å². The summed E-state index contributed by atoms with van der Waals surface area (Å²) in [6.07, 6.45) is 1.61. The highest BCUT2D eigenvalue weighted by atomic mass is 32.2. The van der Waals surface area contributed by atoms with Gasteiger partial charge < -0.3 is 19.4 Å². The Hall–Kier alpha value is -3.11. The molecule has 32 heavy (non-hydrogen) atoms. The number of rotatable bonds is 7. The van der Waals surface area contributed by atoms with E-state index in [1.54, 1.807) is 12.1 Å². The Kier molecular flexibility index (Phi) is 6.91. The molecule has 0 atom stereocenters. The van der Waals surface area contributed by atoms with Crippen LogP contribution < -0.4 is 19.9 Å². The molecule has 0 aliphatic carbocycles. The SMILES string of the molecule is CN(C)CCOc1cc(C=C2SC(=O)NC2=O)nc(N2CCN(c3ccccc3)CC2)n1. The normalized spacial score (nSPS) is 17.9. The van der Waals surface area contributed by atoms with E-state index in [9.17, 15) is 9.59 Å². The molecule has 168 valence electrons. The van der Waals surface area contributed by atoms with Crippen LogP contribution >= 0.6 is 11.8 Å². The molecule has 4 rings (SSSR count). The highest BCUT2D eigenvalue weighted by Crippen LogP contribution is 2.27. The lowest BCUT2D eigenvalue weighted by atomic mass is 10.2. The lowest BCUT2D eigenvalue weighted by Gasteiger charge is -2.36. The van der Waals surface area contributed by atoms with Gasteiger partial charge in [0.05, 0.1) is 10.6 Å². The Balaban J connectivity index is 1.53. The van der Waals surface area contributed by atoms with Crippen molar-refractivity contribution >= 4 is 40.6 Å². The standard InChI is InChI=1S/C22H26N6O3S/c1-26(2)12-13-31-19-15-16(14-18-20(29)25-22(30)32-18)23-21(24-19)28-10-8-27(9-11-28)17-6-4-3-5-7-17/h3-7,14-15H,8-13H2,1-2H3,(H,25,29,30). The van der Waals surface area contributed by atoms with E-state index in [1.165, 1.54) is 5.69 Å². The minimum Gasteiger partial charge on any atom is -0.476 e. The number of likely N-dealkylation sites (N-methyl/N-ethyl adjacent to an activating group) is 1. The Morgan fingerprint density at radius 2 is 1.81 bits per heavy atom. The number of amides is 2. The molecule has 0 radical (unpaired) electrons. The van der Waals surface area contributed by atoms with Gasteiger partial charge in [-0.2, -0.15) is 4.98 Å². The number of benzene rings is 1. The van der Waals surface area contributed by atoms with Gasteiger partial charge in [-0.05, 0) is 44.1 Å². The molecule has 2 aromatic rings. The van der Waals surface area contributed by atoms with Gasteiger partial charge in [0.15, 0.2) is 0 Å². The summed E-state index contributed by atoms with van der Waals surface area (Å²) in [5.41, 5.74) is 1.74. The number of carbonyl (C=O) groups is 2. The molecule has 2 fully saturated rings. The largest absolute Gasteiger partial charge is 0.476 e. The molecule has 2 aliphatic heterocycles. The van der Waals surface area contributed by atoms with Gasteiger partial charge in [0.1, 0.15) is 6.61 Å². The van der Waals surface area contributed by atoms with Gasteiger partial charge in [-0.1, -0.05) is 18.2 Å². The number of thioether (sulfide) groups is 1. The van der Waals surface area contributed by atoms with E-state index in [0.717, 1.165) is 44.5 Å². The number of piperazine rings is 1. The van der Waals surface area contributed by atoms with E-state index in [0.29, 0.717) is 29.0 Å². The average Bonchev–Trinajstić information content (AvgIpc) is 3.10. The highest BCUT2D eigenvalue weighted by Gasteiger charge is 2.26. The van der Waals surface area contributed by atoms with E-state index in [-0.39, 0.29) is 5.24 Å². The van der Waals surface area contributed by atoms with Crippen molar-refractivity contribution in [3.05, 3.63) is 47.0 Å². The van der Waals surface area contributed by atoms with Crippen LogP contribution in [0.5, 0.6) is 5.88 Å². The number of nitrogens with zero attached hydrogens (tertiary/aromatic N) is 5. The summed E-state index contributed by atoms with van der Waals surface area (Å²) in [6, 6.07) is 12.0. The van der Waals surface area contributed by atoms with Crippen LogP contribution in [0.1, 0.15) is 5.69 Å². The van der Waals surface area contributed by atoms with E-state index in [1.807, 2.05) is 37.2 Å². The number of aromatic nitrogens is 2. The molecule has 0 spiro atoms. The van der Waals surface area contributed by atoms with Crippen LogP contribution in [0.2, 0.25) is 0 Å². The fourth-order valence-corrected chi connectivity index (χ4v) is 4.08. The van der Waals surface area contributed by atoms with Gasteiger partial charge in [-0.15, -0.1) is 0 Å². The number of ether oxygens (including phenoxy) is 1. The van der Waals surface area contributed by atoms with Crippen LogP contribution in [0.15, 0.2) is 41.3 Å². The number of hydrogen-bond acceptors (Lipinski definition) is 9. The van der Waals surface area contributed by atoms with Crippen molar-refractivity contribution in [3.8, 4) is 5.88 Å². The summed E-state index contributed by atoms with van der Waals surface area (Å²) in [4.78, 5) is 39.5. The summed E-state index contributed by atoms with van der Waals surface area (Å²) < 4.78 is 5.86. The molecule has 9 nitrogen and oxygen atoms in total. The summed E-state index contributed by atoms with van der Waals surface area (Å²) in [6.45, 7) is 4.46. The minimum atomic E-state index is -0.410. The zero-order chi connectivity index (χ0) is 22.5. The predicted molar refractivity (Wildman–Crippen MR) is 126 cm³/mol. The first kappa shape index (κ1) is 22.1. The van der Waals surface area contributed by atoms with Crippen LogP contribution in [0.4, 0.5) is 16.4 Å². The Labute approximate surface area is 191 Å². The lowest BCUT2D eigenvalue weighted by Crippen LogP contribution is -2.47. The van der Waals surface area contributed by atoms with Gasteiger partial charge in [0.2, 0.25) is 11.8 Å². The number of carbonyl (C=O) groups excluding carboxylic acids is 2. The molecule has 2 aliphatic rings. The van der Waals surface area contributed by atoms with Crippen LogP contribution in [-0.4, -0.2) is 79.4 Å². The third kappa shape index (κ3) is 5.57. The first-order chi connectivity index (χ1) is 15.5. The first-order valence-corrected chi connectivity index (χ1v) is 11.3. The van der Waals surface area contributed by atoms with E-state index >= 15 is 0 Å². The Bertz CT molecular complexity index is 1010. The number of hydrogen-bond donors (Lipinski definition) is 1. The zero-order valence-corrected chi connectivity index (χ0v) is 19.0. The molecule has 2 amide bonds. The number of nitrogens with one attached hydrogen (secondary N) is 1. The second-order valence-corrected chi connectivity index (χ2v) is 8.76. The van der Waals surface area contributed by atoms with Gasteiger partial charge >= 0.3 is 0 Å². The average molecular weight is 455 g/mol. The molecule has 10 heteroatoms. The topological polar surface area (TPSA) is 90.9 Å². The summed E-state index contributed by atoms with van der Waals surface area (Å²) in [5, 5.41) is 1.89. The van der Waals surface area contributed by atoms with Crippen LogP contribution in [0, 0.1) is 0 Å². The molecule has 2 saturated heterocycles. The molecule has 1 aromatic heterocycles. The van der Waals surface area contributed by atoms with Crippen molar-refractivity contribution in [2.75, 3.05) is 63.2 Å². The van der Waals surface area contributed by atoms with E-state index < -0.39 is 5.91 Å². The number of imide groups is 1. The predicted octanol–water partition coefficient (Wildman–Crippen LogP) is 2.07. The second kappa shape index (κ2) is 10.0. The van der Waals surface area contributed by atoms with E-state index in [2.05, 4.69) is 37.2 Å². The van der Waals surface area contributed by atoms with Crippen LogP contribution in [0.25, 0.3) is 6.08 Å². The fourth-order valence-electron chi connectivity index (χ4n) is 3.41. The van der Waals surface area contributed by atoms with Crippen molar-refractivity contribution in [1.29, 1.82) is 0 Å². The molecule has 1 N–H and O–H groups in total. The molecule has 0 unspecified atom stereocenters. The number of anilines is 2. The monoisotopic (exact) mass is 454 g/mol. The van der Waals surface area contributed by atoms with Gasteiger partial charge in [-0.3, -0.25) is 14.9 Å². The van der Waals surface area contributed by atoms with Crippen molar-refractivity contribution in [2.45, 2.75) is 0 Å². The maximum Gasteiger partial charge on any atom is 0.290 e. The summed E-state index contributed by atoms with van der Waals surface area (Å²) >= 11 is 0.869. The third-order valence-electron chi connectivity index (χ3n) is 5.10. The third-order valence-corrected chi connectivity index (χ3v) is 5.91. The van der Waals surface area contributed by atoms with Crippen molar-refractivity contribution in [3.63, 3.8) is 0 Å². The Morgan fingerprint density at radius 3 is 2.47 bits per heavy atom. The molecule has 3 heterocycles. The van der Waals surface area contributed by atoms with Gasteiger partial charge in [-0.25, -0.2) is 4.98 Å². The quantitative estimate of drug-likeness (QED) is 0.631. The molecular weight excluding hydrogens is 428 g/mol. The summed E-state index contributed by atoms with van der Waals surface area (Å²) in [7, 11) is 3.95. The Morgan fingerprint density at radius 1 is 1.09 bits per heavy atom. The zero-order valence-electron chi connectivity index (χ0n) is 18.2. The van der Waals surface area contributed by atoms with E-state index in [4.69, 9.17) is 4.74 Å². The van der Waals surface area contributed by atoms with Crippen molar-refractivity contribution < 1.29 is 14.3 Å². The highest BCUT2D eigenvalue weighted by molar-refractivity contribution is 8.18.